The zero-order valence-electron chi connectivity index (χ0n) is 16.7. The van der Waals surface area contributed by atoms with E-state index in [0.29, 0.717) is 16.9 Å². The molecule has 30 heavy (non-hydrogen) atoms. The highest BCUT2D eigenvalue weighted by atomic mass is 16.3. The summed E-state index contributed by atoms with van der Waals surface area (Å²) in [5, 5.41) is 33.0. The van der Waals surface area contributed by atoms with Gasteiger partial charge >= 0.3 is 0 Å². The van der Waals surface area contributed by atoms with Gasteiger partial charge in [-0.3, -0.25) is 0 Å². The maximum Gasteiger partial charge on any atom is 0.137 e. The number of benzene rings is 1. The van der Waals surface area contributed by atoms with Crippen molar-refractivity contribution in [1.82, 2.24) is 10.2 Å². The van der Waals surface area contributed by atoms with E-state index in [4.69, 9.17) is 4.42 Å². The van der Waals surface area contributed by atoms with Crippen LogP contribution in [0.2, 0.25) is 0 Å². The fourth-order valence-electron chi connectivity index (χ4n) is 4.26. The van der Waals surface area contributed by atoms with Crippen molar-refractivity contribution in [2.45, 2.75) is 19.9 Å². The summed E-state index contributed by atoms with van der Waals surface area (Å²) in [6.07, 6.45) is 1.60. The maximum atomic E-state index is 10.2. The molecule has 2 aliphatic rings. The molecule has 0 spiro atoms. The van der Waals surface area contributed by atoms with Crippen LogP contribution in [-0.2, 0) is 0 Å². The van der Waals surface area contributed by atoms with Crippen LogP contribution in [0.5, 0.6) is 0 Å². The molecule has 1 atom stereocenters. The third kappa shape index (κ3) is 2.69. The maximum absolute atomic E-state index is 10.2. The Hall–Kier alpha value is -4.21. The minimum atomic E-state index is -0.429. The van der Waals surface area contributed by atoms with Gasteiger partial charge in [0.2, 0.25) is 0 Å². The number of allylic oxidation sites excluding steroid dienone is 3. The van der Waals surface area contributed by atoms with Crippen LogP contribution >= 0.6 is 0 Å². The minimum Gasteiger partial charge on any atom is -0.467 e. The van der Waals surface area contributed by atoms with E-state index in [1.165, 1.54) is 0 Å². The molecule has 0 saturated carbocycles. The number of rotatable bonds is 4. The van der Waals surface area contributed by atoms with Crippen LogP contribution in [0.1, 0.15) is 36.8 Å². The Morgan fingerprint density at radius 2 is 1.73 bits per heavy atom. The highest BCUT2D eigenvalue weighted by molar-refractivity contribution is 6.09. The number of dihydropyridines is 1. The average Bonchev–Trinajstić information content (AvgIpc) is 3.43. The van der Waals surface area contributed by atoms with Crippen molar-refractivity contribution in [3.05, 3.63) is 82.1 Å². The second kappa shape index (κ2) is 7.66. The molecule has 1 N–H and O–H groups in total. The number of nitriles is 3. The predicted molar refractivity (Wildman–Crippen MR) is 112 cm³/mol. The van der Waals surface area contributed by atoms with Crippen LogP contribution in [0.3, 0.4) is 0 Å². The van der Waals surface area contributed by atoms with Gasteiger partial charge in [0.15, 0.2) is 0 Å². The summed E-state index contributed by atoms with van der Waals surface area (Å²) in [6.45, 7) is 5.53. The van der Waals surface area contributed by atoms with E-state index in [2.05, 4.69) is 16.3 Å². The first-order valence-electron chi connectivity index (χ1n) is 9.78. The summed E-state index contributed by atoms with van der Waals surface area (Å²) in [5.74, 6) is 1.39. The van der Waals surface area contributed by atoms with E-state index in [1.807, 2.05) is 56.3 Å². The molecular weight excluding hydrogens is 374 g/mol. The molecule has 1 aromatic heterocycles. The Morgan fingerprint density at radius 3 is 2.30 bits per heavy atom. The summed E-state index contributed by atoms with van der Waals surface area (Å²) in [7, 11) is 0. The van der Waals surface area contributed by atoms with E-state index in [0.717, 1.165) is 41.2 Å². The molecule has 2 heterocycles. The van der Waals surface area contributed by atoms with Crippen molar-refractivity contribution in [3.8, 4) is 18.2 Å². The van der Waals surface area contributed by atoms with Crippen molar-refractivity contribution >= 4 is 11.1 Å². The van der Waals surface area contributed by atoms with Crippen LogP contribution in [0.25, 0.3) is 11.1 Å². The van der Waals surface area contributed by atoms with Crippen molar-refractivity contribution < 1.29 is 4.42 Å². The largest absolute Gasteiger partial charge is 0.467 e. The predicted octanol–water partition coefficient (Wildman–Crippen LogP) is 4.27. The zero-order valence-corrected chi connectivity index (χ0v) is 16.7. The lowest BCUT2D eigenvalue weighted by atomic mass is 9.87. The van der Waals surface area contributed by atoms with E-state index < -0.39 is 6.04 Å². The fourth-order valence-corrected chi connectivity index (χ4v) is 4.26. The normalized spacial score (nSPS) is 16.8. The van der Waals surface area contributed by atoms with Gasteiger partial charge in [0.1, 0.15) is 47.0 Å². The summed E-state index contributed by atoms with van der Waals surface area (Å²) in [6, 6.07) is 17.3. The van der Waals surface area contributed by atoms with Gasteiger partial charge in [0, 0.05) is 29.8 Å². The minimum absolute atomic E-state index is 0.0226. The van der Waals surface area contributed by atoms with Crippen molar-refractivity contribution in [1.29, 1.82) is 15.8 Å². The third-order valence-electron chi connectivity index (χ3n) is 5.55. The fraction of sp³-hybridized carbons (Fsp3) is 0.208. The first-order valence-corrected chi connectivity index (χ1v) is 9.78. The number of fused-ring (bicyclic) bond motifs is 2. The van der Waals surface area contributed by atoms with Gasteiger partial charge in [-0.05, 0) is 37.1 Å². The Bertz CT molecular complexity index is 1210. The lowest BCUT2D eigenvalue weighted by molar-refractivity contribution is 0.330. The monoisotopic (exact) mass is 393 g/mol. The van der Waals surface area contributed by atoms with E-state index in [-0.39, 0.29) is 5.57 Å². The van der Waals surface area contributed by atoms with Gasteiger partial charge in [-0.25, -0.2) is 0 Å². The topological polar surface area (TPSA) is 99.8 Å². The van der Waals surface area contributed by atoms with Crippen LogP contribution in [0.15, 0.2) is 69.6 Å². The second-order valence-corrected chi connectivity index (χ2v) is 6.91. The van der Waals surface area contributed by atoms with Gasteiger partial charge in [-0.15, -0.1) is 0 Å². The molecule has 1 unspecified atom stereocenters. The summed E-state index contributed by atoms with van der Waals surface area (Å²) in [4.78, 5) is 2.10. The Labute approximate surface area is 175 Å². The lowest BCUT2D eigenvalue weighted by Crippen LogP contribution is -2.38. The van der Waals surface area contributed by atoms with E-state index >= 15 is 0 Å². The Morgan fingerprint density at radius 1 is 1.03 bits per heavy atom. The van der Waals surface area contributed by atoms with Crippen molar-refractivity contribution in [2.75, 3.05) is 13.1 Å². The molecule has 6 nitrogen and oxygen atoms in total. The van der Waals surface area contributed by atoms with Crippen molar-refractivity contribution in [2.24, 2.45) is 0 Å². The van der Waals surface area contributed by atoms with Gasteiger partial charge in [0.05, 0.1) is 6.26 Å². The first-order chi connectivity index (χ1) is 14.7. The number of nitrogens with one attached hydrogen (secondary N) is 1. The molecular formula is C24H19N5O. The molecule has 1 aromatic carbocycles. The smallest absolute Gasteiger partial charge is 0.137 e. The van der Waals surface area contributed by atoms with Gasteiger partial charge < -0.3 is 14.6 Å². The standard InChI is InChI=1S/C24H19N5O/c1-3-29(4-2)24-18(14-27)21-17-9-6-5-8-16(17)20(15(12-25)13-26)22(21)23(28-24)19-10-7-11-30-19/h5-11,23,28H,3-4H2,1-2H3. The van der Waals surface area contributed by atoms with Gasteiger partial charge in [0.25, 0.3) is 0 Å². The highest BCUT2D eigenvalue weighted by Gasteiger charge is 2.41. The van der Waals surface area contributed by atoms with E-state index in [1.54, 1.807) is 12.3 Å². The first kappa shape index (κ1) is 19.1. The third-order valence-corrected chi connectivity index (χ3v) is 5.55. The molecule has 0 amide bonds. The molecule has 0 fully saturated rings. The lowest BCUT2D eigenvalue weighted by Gasteiger charge is -2.34. The Balaban J connectivity index is 2.13. The summed E-state index contributed by atoms with van der Waals surface area (Å²) >= 11 is 0. The number of nitrogens with zero attached hydrogens (tertiary/aromatic N) is 4. The molecule has 0 saturated heterocycles. The van der Waals surface area contributed by atoms with Gasteiger partial charge in [-0.2, -0.15) is 15.8 Å². The van der Waals surface area contributed by atoms with Crippen LogP contribution in [0.4, 0.5) is 0 Å². The molecule has 6 heteroatoms. The number of hydrogen-bond acceptors (Lipinski definition) is 6. The zero-order chi connectivity index (χ0) is 21.3. The van der Waals surface area contributed by atoms with Gasteiger partial charge in [-0.1, -0.05) is 24.3 Å². The Kier molecular flexibility index (Phi) is 4.88. The molecule has 0 bridgehead atoms. The number of hydrogen-bond donors (Lipinski definition) is 1. The molecule has 4 rings (SSSR count). The molecule has 1 aliphatic heterocycles. The summed E-state index contributed by atoms with van der Waals surface area (Å²) < 4.78 is 5.73. The van der Waals surface area contributed by atoms with Crippen LogP contribution in [0, 0.1) is 34.0 Å². The molecule has 146 valence electrons. The molecule has 0 radical (unpaired) electrons. The highest BCUT2D eigenvalue weighted by Crippen LogP contribution is 2.53. The average molecular weight is 393 g/mol. The number of furan rings is 1. The molecule has 2 aromatic rings. The van der Waals surface area contributed by atoms with E-state index in [9.17, 15) is 15.8 Å². The summed E-state index contributed by atoms with van der Waals surface area (Å²) in [5.41, 5.74) is 4.22. The second-order valence-electron chi connectivity index (χ2n) is 6.91. The quantitative estimate of drug-likeness (QED) is 0.779. The van der Waals surface area contributed by atoms with Crippen LogP contribution in [-0.4, -0.2) is 18.0 Å². The SMILES string of the molecule is CCN(CC)C1=C(C#N)C2=C(C(=C(C#N)C#N)c3ccccc32)C(c2ccco2)N1. The van der Waals surface area contributed by atoms with Crippen LogP contribution < -0.4 is 5.32 Å². The molecule has 1 aliphatic carbocycles. The van der Waals surface area contributed by atoms with Crippen molar-refractivity contribution in [3.63, 3.8) is 0 Å².